The van der Waals surface area contributed by atoms with Crippen LogP contribution in [-0.4, -0.2) is 36.5 Å². The zero-order valence-electron chi connectivity index (χ0n) is 21.6. The van der Waals surface area contributed by atoms with Crippen molar-refractivity contribution in [2.24, 2.45) is 19.8 Å². The molecule has 4 N–H and O–H groups in total. The number of fused-ring (bicyclic) bond motifs is 2. The van der Waals surface area contributed by atoms with E-state index in [4.69, 9.17) is 10.8 Å². The lowest BCUT2D eigenvalue weighted by atomic mass is 10.1. The summed E-state index contributed by atoms with van der Waals surface area (Å²) in [6, 6.07) is 16.1. The van der Waals surface area contributed by atoms with Crippen molar-refractivity contribution in [1.82, 2.24) is 24.9 Å². The predicted molar refractivity (Wildman–Crippen MR) is 155 cm³/mol. The lowest BCUT2D eigenvalue weighted by Gasteiger charge is -2.14. The molecule has 11 heteroatoms. The summed E-state index contributed by atoms with van der Waals surface area (Å²) in [5.74, 6) is -1.02. The van der Waals surface area contributed by atoms with Gasteiger partial charge in [-0.3, -0.25) is 14.2 Å². The highest BCUT2D eigenvalue weighted by Crippen LogP contribution is 2.33. The highest BCUT2D eigenvalue weighted by molar-refractivity contribution is 9.10. The molecule has 4 aromatic rings. The Morgan fingerprint density at radius 2 is 1.41 bits per heavy atom. The van der Waals surface area contributed by atoms with Gasteiger partial charge in [0, 0.05) is 41.5 Å². The lowest BCUT2D eigenvalue weighted by Crippen LogP contribution is -2.28. The summed E-state index contributed by atoms with van der Waals surface area (Å²) in [7, 11) is 3.36. The number of nitrogens with one attached hydrogen (secondary N) is 1. The van der Waals surface area contributed by atoms with Crippen LogP contribution in [0.3, 0.4) is 0 Å². The van der Waals surface area contributed by atoms with Gasteiger partial charge in [-0.15, -0.1) is 0 Å². The van der Waals surface area contributed by atoms with Gasteiger partial charge in [-0.05, 0) is 84.3 Å². The van der Waals surface area contributed by atoms with Crippen LogP contribution in [0.5, 0.6) is 0 Å². The van der Waals surface area contributed by atoms with Crippen LogP contribution in [-0.2, 0) is 26.9 Å². The number of aromatic nitrogens is 4. The number of aryl methyl sites for hydroxylation is 4. The smallest absolute Gasteiger partial charge is 0.354 e. The molecule has 2 aliphatic carbocycles. The van der Waals surface area contributed by atoms with Gasteiger partial charge in [0.2, 0.25) is 0 Å². The number of hydrogen-bond acceptors (Lipinski definition) is 5. The molecule has 0 fully saturated rings. The first kappa shape index (κ1) is 28.7. The molecule has 0 saturated heterocycles. The number of hydrogen-bond donors (Lipinski definition) is 3. The molecule has 0 unspecified atom stereocenters. The molecule has 0 radical (unpaired) electrons. The van der Waals surface area contributed by atoms with Gasteiger partial charge < -0.3 is 16.2 Å². The molecule has 2 atom stereocenters. The molecule has 0 saturated carbocycles. The third-order valence-corrected chi connectivity index (χ3v) is 7.80. The standard InChI is InChI=1S/C14H14BrN3O.C9H10BrN.C5H6N2O2/c1-18-13(6-7-16-18)14(19)17-12-5-2-9-8-10(15)3-4-11(9)12;10-7-2-3-8-6(5-7)1-4-9(8)11;1-7-4(5(8)9)2-3-6-7/h3-4,6-8,12H,2,5H2,1H3,(H,17,19);2-3,5,9H,1,4,11H2;2-3H,1H3,(H,8,9)/t12-;9-;/m11./s1. The lowest BCUT2D eigenvalue weighted by molar-refractivity contribution is 0.0684. The quantitative estimate of drug-likeness (QED) is 0.281. The van der Waals surface area contributed by atoms with E-state index in [0.29, 0.717) is 5.69 Å². The maximum absolute atomic E-state index is 12.2. The monoisotopic (exact) mass is 656 g/mol. The normalized spacial score (nSPS) is 16.7. The number of rotatable bonds is 3. The fraction of sp³-hybridized carbons (Fsp3) is 0.286. The molecule has 0 aliphatic heterocycles. The summed E-state index contributed by atoms with van der Waals surface area (Å²) in [5.41, 5.74) is 11.9. The van der Waals surface area contributed by atoms with Crippen LogP contribution in [0.15, 0.2) is 69.9 Å². The summed E-state index contributed by atoms with van der Waals surface area (Å²) in [4.78, 5) is 22.4. The van der Waals surface area contributed by atoms with E-state index < -0.39 is 5.97 Å². The van der Waals surface area contributed by atoms with Crippen molar-refractivity contribution >= 4 is 43.7 Å². The zero-order chi connectivity index (χ0) is 28.1. The number of aromatic carboxylic acids is 1. The minimum absolute atomic E-state index is 0.0687. The molecular formula is C28H30Br2N6O3. The second kappa shape index (κ2) is 12.7. The van der Waals surface area contributed by atoms with Crippen molar-refractivity contribution in [3.8, 4) is 0 Å². The maximum atomic E-state index is 12.2. The molecule has 2 aliphatic rings. The summed E-state index contributed by atoms with van der Waals surface area (Å²) < 4.78 is 5.14. The molecule has 2 heterocycles. The fourth-order valence-corrected chi connectivity index (χ4v) is 5.58. The third-order valence-electron chi connectivity index (χ3n) is 6.81. The predicted octanol–water partition coefficient (Wildman–Crippen LogP) is 5.11. The molecule has 9 nitrogen and oxygen atoms in total. The van der Waals surface area contributed by atoms with Crippen molar-refractivity contribution in [3.63, 3.8) is 0 Å². The number of halogens is 2. The number of carbonyl (C=O) groups is 2. The van der Waals surface area contributed by atoms with E-state index in [-0.39, 0.29) is 23.7 Å². The van der Waals surface area contributed by atoms with E-state index in [9.17, 15) is 9.59 Å². The van der Waals surface area contributed by atoms with E-state index in [2.05, 4.69) is 77.7 Å². The first-order valence-corrected chi connectivity index (χ1v) is 14.0. The van der Waals surface area contributed by atoms with Crippen molar-refractivity contribution in [2.75, 3.05) is 0 Å². The van der Waals surface area contributed by atoms with Gasteiger partial charge in [0.1, 0.15) is 11.4 Å². The molecule has 1 amide bonds. The summed E-state index contributed by atoms with van der Waals surface area (Å²) in [5, 5.41) is 19.2. The molecule has 2 aromatic heterocycles. The summed E-state index contributed by atoms with van der Waals surface area (Å²) in [6.07, 6.45) is 7.28. The van der Waals surface area contributed by atoms with E-state index >= 15 is 0 Å². The van der Waals surface area contributed by atoms with E-state index in [1.165, 1.54) is 39.2 Å². The van der Waals surface area contributed by atoms with Crippen LogP contribution in [0.1, 0.15) is 68.2 Å². The van der Waals surface area contributed by atoms with Gasteiger partial charge in [-0.2, -0.15) is 10.2 Å². The number of nitrogens with two attached hydrogens (primary N) is 1. The summed E-state index contributed by atoms with van der Waals surface area (Å²) in [6.45, 7) is 0. The Balaban J connectivity index is 0.000000149. The van der Waals surface area contributed by atoms with Crippen LogP contribution in [0.2, 0.25) is 0 Å². The van der Waals surface area contributed by atoms with Crippen LogP contribution >= 0.6 is 31.9 Å². The number of amides is 1. The van der Waals surface area contributed by atoms with Gasteiger partial charge in [0.25, 0.3) is 5.91 Å². The second-order valence-corrected chi connectivity index (χ2v) is 11.2. The van der Waals surface area contributed by atoms with Crippen LogP contribution in [0.25, 0.3) is 0 Å². The molecular weight excluding hydrogens is 628 g/mol. The SMILES string of the molecule is Cn1nccc1C(=O)N[C@@H]1CCc2cc(Br)ccc21.Cn1nccc1C(=O)O.N[C@@H]1CCc2cc(Br)ccc21. The Bertz CT molecular complexity index is 1480. The first-order chi connectivity index (χ1) is 18.6. The molecule has 0 spiro atoms. The van der Waals surface area contributed by atoms with Crippen LogP contribution in [0.4, 0.5) is 0 Å². The van der Waals surface area contributed by atoms with E-state index in [1.54, 1.807) is 31.0 Å². The Morgan fingerprint density at radius 1 is 0.872 bits per heavy atom. The average molecular weight is 658 g/mol. The minimum Gasteiger partial charge on any atom is -0.477 e. The van der Waals surface area contributed by atoms with Gasteiger partial charge in [0.15, 0.2) is 0 Å². The zero-order valence-corrected chi connectivity index (χ0v) is 24.8. The average Bonchev–Trinajstić information content (AvgIpc) is 3.68. The van der Waals surface area contributed by atoms with Gasteiger partial charge in [0.05, 0.1) is 6.04 Å². The van der Waals surface area contributed by atoms with E-state index in [0.717, 1.165) is 34.6 Å². The molecule has 204 valence electrons. The Kier molecular flexibility index (Phi) is 9.36. The Labute approximate surface area is 243 Å². The highest BCUT2D eigenvalue weighted by atomic mass is 79.9. The van der Waals surface area contributed by atoms with Crippen molar-refractivity contribution in [2.45, 2.75) is 37.8 Å². The minimum atomic E-state index is -0.949. The molecule has 6 rings (SSSR count). The number of benzene rings is 2. The molecule has 39 heavy (non-hydrogen) atoms. The number of carboxylic acids is 1. The van der Waals surface area contributed by atoms with Crippen LogP contribution in [0, 0.1) is 0 Å². The van der Waals surface area contributed by atoms with Crippen molar-refractivity contribution in [1.29, 1.82) is 0 Å². The summed E-state index contributed by atoms with van der Waals surface area (Å²) >= 11 is 6.92. The molecule has 0 bridgehead atoms. The van der Waals surface area contributed by atoms with Gasteiger partial charge in [-0.25, -0.2) is 4.79 Å². The van der Waals surface area contributed by atoms with Gasteiger partial charge in [-0.1, -0.05) is 44.0 Å². The second-order valence-electron chi connectivity index (χ2n) is 9.38. The molecule has 2 aromatic carbocycles. The van der Waals surface area contributed by atoms with E-state index in [1.807, 2.05) is 6.07 Å². The number of carbonyl (C=O) groups excluding carboxylic acids is 1. The van der Waals surface area contributed by atoms with Crippen molar-refractivity contribution < 1.29 is 14.7 Å². The fourth-order valence-electron chi connectivity index (χ4n) is 4.77. The van der Waals surface area contributed by atoms with Crippen molar-refractivity contribution in [3.05, 3.63) is 104 Å². The number of carboxylic acid groups (broad SMARTS) is 1. The largest absolute Gasteiger partial charge is 0.477 e. The third kappa shape index (κ3) is 7.03. The Hall–Kier alpha value is -3.28. The van der Waals surface area contributed by atoms with Crippen LogP contribution < -0.4 is 11.1 Å². The maximum Gasteiger partial charge on any atom is 0.354 e. The first-order valence-electron chi connectivity index (χ1n) is 12.5. The Morgan fingerprint density at radius 3 is 1.95 bits per heavy atom. The topological polar surface area (TPSA) is 128 Å². The van der Waals surface area contributed by atoms with Gasteiger partial charge >= 0.3 is 5.97 Å². The number of nitrogens with zero attached hydrogens (tertiary/aromatic N) is 4. The highest BCUT2D eigenvalue weighted by Gasteiger charge is 2.25.